The van der Waals surface area contributed by atoms with Crippen LogP contribution in [0, 0.1) is 0 Å². The minimum atomic E-state index is -4.52. The van der Waals surface area contributed by atoms with E-state index in [0.29, 0.717) is 11.3 Å². The molecule has 0 radical (unpaired) electrons. The van der Waals surface area contributed by atoms with Gasteiger partial charge in [-0.1, -0.05) is 37.6 Å². The minimum Gasteiger partial charge on any atom is -0.488 e. The van der Waals surface area contributed by atoms with Crippen LogP contribution in [-0.2, 0) is 11.6 Å². The van der Waals surface area contributed by atoms with Gasteiger partial charge in [0.1, 0.15) is 11.9 Å². The van der Waals surface area contributed by atoms with Crippen LogP contribution >= 0.6 is 11.6 Å². The third-order valence-electron chi connectivity index (χ3n) is 4.41. The molecule has 0 N–H and O–H groups in total. The van der Waals surface area contributed by atoms with E-state index in [2.05, 4.69) is 4.98 Å². The predicted octanol–water partition coefficient (Wildman–Crippen LogP) is 5.07. The summed E-state index contributed by atoms with van der Waals surface area (Å²) in [5.41, 5.74) is -1.01. The number of carbonyl (C=O) groups excluding carboxylic acids is 1. The van der Waals surface area contributed by atoms with E-state index in [1.54, 1.807) is 38.1 Å². The van der Waals surface area contributed by atoms with Crippen LogP contribution < -0.4 is 4.74 Å². The number of rotatable bonds is 2. The molecule has 7 heteroatoms. The second-order valence-electron chi connectivity index (χ2n) is 6.50. The number of fused-ring (bicyclic) bond motifs is 1. The number of pyridine rings is 1. The molecule has 0 fully saturated rings. The molecule has 0 bridgehead atoms. The highest BCUT2D eigenvalue weighted by atomic mass is 35.5. The molecule has 1 aromatic heterocycles. The number of Topliss-reactive ketones (excluding diaryl/α,β-unsaturated/α-hetero) is 1. The van der Waals surface area contributed by atoms with Crippen molar-refractivity contribution in [1.29, 1.82) is 0 Å². The summed E-state index contributed by atoms with van der Waals surface area (Å²) in [6.45, 7) is 3.50. The van der Waals surface area contributed by atoms with E-state index in [1.807, 2.05) is 0 Å². The summed E-state index contributed by atoms with van der Waals surface area (Å²) in [7, 11) is 0. The lowest BCUT2D eigenvalue weighted by atomic mass is 9.78. The van der Waals surface area contributed by atoms with Crippen LogP contribution in [0.2, 0.25) is 5.02 Å². The Balaban J connectivity index is 1.96. The third kappa shape index (κ3) is 3.23. The number of halogens is 4. The summed E-state index contributed by atoms with van der Waals surface area (Å²) in [6, 6.07) is 7.73. The molecule has 25 heavy (non-hydrogen) atoms. The van der Waals surface area contributed by atoms with Crippen molar-refractivity contribution >= 4 is 17.4 Å². The smallest absolute Gasteiger partial charge is 0.417 e. The van der Waals surface area contributed by atoms with Crippen molar-refractivity contribution in [3.63, 3.8) is 0 Å². The van der Waals surface area contributed by atoms with Gasteiger partial charge >= 0.3 is 6.18 Å². The molecule has 132 valence electrons. The van der Waals surface area contributed by atoms with Gasteiger partial charge < -0.3 is 4.74 Å². The standard InChI is InChI=1S/C18H15ClF3NO2/c1-17(2,16-12(19)7-10(9-23-16)18(20,21)22)15-8-13(24)11-5-3-4-6-14(11)25-15/h3-7,9,15H,8H2,1-2H3. The van der Waals surface area contributed by atoms with Crippen molar-refractivity contribution in [2.24, 2.45) is 0 Å². The van der Waals surface area contributed by atoms with Gasteiger partial charge in [0.05, 0.1) is 21.8 Å². The van der Waals surface area contributed by atoms with Crippen LogP contribution in [0.4, 0.5) is 13.2 Å². The molecule has 0 aliphatic carbocycles. The van der Waals surface area contributed by atoms with Gasteiger partial charge in [-0.3, -0.25) is 9.78 Å². The van der Waals surface area contributed by atoms with E-state index >= 15 is 0 Å². The van der Waals surface area contributed by atoms with Crippen molar-refractivity contribution in [3.8, 4) is 5.75 Å². The first-order valence-electron chi connectivity index (χ1n) is 7.63. The molecule has 3 rings (SSSR count). The fourth-order valence-electron chi connectivity index (χ4n) is 2.90. The number of aromatic nitrogens is 1. The second kappa shape index (κ2) is 6.02. The van der Waals surface area contributed by atoms with Gasteiger partial charge in [-0.15, -0.1) is 0 Å². The first-order chi connectivity index (χ1) is 11.6. The molecule has 0 amide bonds. The van der Waals surface area contributed by atoms with Gasteiger partial charge in [-0.2, -0.15) is 13.2 Å². The molecule has 1 atom stereocenters. The summed E-state index contributed by atoms with van der Waals surface area (Å²) in [6.07, 6.45) is -4.25. The number of benzene rings is 1. The minimum absolute atomic E-state index is 0.0806. The van der Waals surface area contributed by atoms with Gasteiger partial charge in [0.2, 0.25) is 0 Å². The molecule has 1 unspecified atom stereocenters. The summed E-state index contributed by atoms with van der Waals surface area (Å²) in [5.74, 6) is 0.378. The molecule has 2 aromatic rings. The van der Waals surface area contributed by atoms with Crippen molar-refractivity contribution in [2.75, 3.05) is 0 Å². The lowest BCUT2D eigenvalue weighted by molar-refractivity contribution is -0.137. The van der Waals surface area contributed by atoms with Gasteiger partial charge in [-0.25, -0.2) is 0 Å². The van der Waals surface area contributed by atoms with Crippen LogP contribution in [0.5, 0.6) is 5.75 Å². The van der Waals surface area contributed by atoms with Crippen LogP contribution in [0.15, 0.2) is 36.5 Å². The highest BCUT2D eigenvalue weighted by Crippen LogP contribution is 2.40. The van der Waals surface area contributed by atoms with Crippen LogP contribution in [0.3, 0.4) is 0 Å². The number of para-hydroxylation sites is 1. The van der Waals surface area contributed by atoms with Gasteiger partial charge in [0, 0.05) is 18.0 Å². The average molecular weight is 370 g/mol. The molecule has 1 aliphatic heterocycles. The number of alkyl halides is 3. The normalized spacial score (nSPS) is 17.8. The summed E-state index contributed by atoms with van der Waals surface area (Å²) < 4.78 is 44.3. The van der Waals surface area contributed by atoms with Crippen LogP contribution in [0.1, 0.15) is 41.9 Å². The number of nitrogens with zero attached hydrogens (tertiary/aromatic N) is 1. The van der Waals surface area contributed by atoms with Gasteiger partial charge in [0.25, 0.3) is 0 Å². The van der Waals surface area contributed by atoms with Crippen molar-refractivity contribution in [3.05, 3.63) is 58.4 Å². The zero-order chi connectivity index (χ0) is 18.4. The van der Waals surface area contributed by atoms with E-state index in [0.717, 1.165) is 12.3 Å². The zero-order valence-corrected chi connectivity index (χ0v) is 14.3. The molecule has 0 saturated carbocycles. The Bertz CT molecular complexity index is 833. The number of ether oxygens (including phenoxy) is 1. The van der Waals surface area contributed by atoms with E-state index in [-0.39, 0.29) is 22.9 Å². The largest absolute Gasteiger partial charge is 0.488 e. The Morgan fingerprint density at radius 2 is 1.92 bits per heavy atom. The SMILES string of the molecule is CC(C)(c1ncc(C(F)(F)F)cc1Cl)C1CC(=O)c2ccccc2O1. The van der Waals surface area contributed by atoms with Crippen molar-refractivity contribution in [1.82, 2.24) is 4.98 Å². The first kappa shape index (κ1) is 17.7. The summed E-state index contributed by atoms with van der Waals surface area (Å²) >= 11 is 6.07. The first-order valence-corrected chi connectivity index (χ1v) is 8.00. The Kier molecular flexibility index (Phi) is 4.27. The molecular weight excluding hydrogens is 355 g/mol. The number of hydrogen-bond donors (Lipinski definition) is 0. The Hall–Kier alpha value is -2.08. The highest BCUT2D eigenvalue weighted by molar-refractivity contribution is 6.31. The molecule has 0 spiro atoms. The van der Waals surface area contributed by atoms with E-state index in [4.69, 9.17) is 16.3 Å². The fraction of sp³-hybridized carbons (Fsp3) is 0.333. The van der Waals surface area contributed by atoms with E-state index in [1.165, 1.54) is 0 Å². The molecule has 1 aromatic carbocycles. The van der Waals surface area contributed by atoms with E-state index < -0.39 is 23.3 Å². The number of hydrogen-bond acceptors (Lipinski definition) is 3. The molecule has 1 aliphatic rings. The van der Waals surface area contributed by atoms with Crippen molar-refractivity contribution < 1.29 is 22.7 Å². The Morgan fingerprint density at radius 1 is 1.24 bits per heavy atom. The molecule has 3 nitrogen and oxygen atoms in total. The molecule has 0 saturated heterocycles. The molecule has 2 heterocycles. The maximum Gasteiger partial charge on any atom is 0.417 e. The average Bonchev–Trinajstić information content (AvgIpc) is 2.53. The monoisotopic (exact) mass is 369 g/mol. The third-order valence-corrected chi connectivity index (χ3v) is 4.70. The highest BCUT2D eigenvalue weighted by Gasteiger charge is 2.41. The lowest BCUT2D eigenvalue weighted by Gasteiger charge is -2.37. The van der Waals surface area contributed by atoms with Crippen LogP contribution in [0.25, 0.3) is 0 Å². The Morgan fingerprint density at radius 3 is 2.56 bits per heavy atom. The second-order valence-corrected chi connectivity index (χ2v) is 6.91. The Labute approximate surface area is 147 Å². The van der Waals surface area contributed by atoms with Crippen molar-refractivity contribution in [2.45, 2.75) is 38.0 Å². The topological polar surface area (TPSA) is 39.2 Å². The lowest BCUT2D eigenvalue weighted by Crippen LogP contribution is -2.43. The van der Waals surface area contributed by atoms with Gasteiger partial charge in [-0.05, 0) is 18.2 Å². The fourth-order valence-corrected chi connectivity index (χ4v) is 3.30. The van der Waals surface area contributed by atoms with Gasteiger partial charge in [0.15, 0.2) is 5.78 Å². The predicted molar refractivity (Wildman–Crippen MR) is 87.1 cm³/mol. The maximum absolute atomic E-state index is 12.8. The summed E-state index contributed by atoms with van der Waals surface area (Å²) in [4.78, 5) is 16.3. The van der Waals surface area contributed by atoms with Crippen LogP contribution in [-0.4, -0.2) is 16.9 Å². The number of ketones is 1. The zero-order valence-electron chi connectivity index (χ0n) is 13.5. The number of carbonyl (C=O) groups is 1. The van der Waals surface area contributed by atoms with E-state index in [9.17, 15) is 18.0 Å². The quantitative estimate of drug-likeness (QED) is 0.742. The molecular formula is C18H15ClF3NO2. The summed E-state index contributed by atoms with van der Waals surface area (Å²) in [5, 5.41) is -0.102. The maximum atomic E-state index is 12.8.